The lowest BCUT2D eigenvalue weighted by Crippen LogP contribution is -2.47. The number of benzene rings is 2. The number of hydrogen-bond acceptors (Lipinski definition) is 4. The molecular formula is C30H34F2N4O2. The molecular weight excluding hydrogens is 486 g/mol. The van der Waals surface area contributed by atoms with Crippen molar-refractivity contribution in [2.45, 2.75) is 38.6 Å². The summed E-state index contributed by atoms with van der Waals surface area (Å²) in [6.07, 6.45) is 7.09. The van der Waals surface area contributed by atoms with Gasteiger partial charge < -0.3 is 20.7 Å². The van der Waals surface area contributed by atoms with E-state index in [0.29, 0.717) is 32.0 Å². The molecule has 2 fully saturated rings. The van der Waals surface area contributed by atoms with E-state index in [1.165, 1.54) is 29.8 Å². The largest absolute Gasteiger partial charge is 0.404 e. The van der Waals surface area contributed by atoms with E-state index in [0.717, 1.165) is 42.5 Å². The molecule has 200 valence electrons. The third-order valence-corrected chi connectivity index (χ3v) is 8.26. The van der Waals surface area contributed by atoms with Crippen LogP contribution < -0.4 is 11.1 Å². The molecule has 1 saturated heterocycles. The van der Waals surface area contributed by atoms with Crippen LogP contribution in [0.3, 0.4) is 0 Å². The molecule has 0 bridgehead atoms. The van der Waals surface area contributed by atoms with Crippen molar-refractivity contribution in [3.8, 4) is 0 Å². The molecule has 5 rings (SSSR count). The number of allylic oxidation sites excluding steroid dienone is 3. The summed E-state index contributed by atoms with van der Waals surface area (Å²) in [4.78, 5) is 19.7. The predicted molar refractivity (Wildman–Crippen MR) is 144 cm³/mol. The third-order valence-electron chi connectivity index (χ3n) is 8.26. The Labute approximate surface area is 222 Å². The number of ether oxygens (including phenoxy) is 1. The first-order valence-corrected chi connectivity index (χ1v) is 13.2. The van der Waals surface area contributed by atoms with Gasteiger partial charge >= 0.3 is 6.03 Å². The number of urea groups is 1. The highest BCUT2D eigenvalue weighted by Crippen LogP contribution is 2.56. The molecule has 3 aliphatic rings. The van der Waals surface area contributed by atoms with Gasteiger partial charge in [0.1, 0.15) is 11.6 Å². The number of carbonyl (C=O) groups excluding carboxylic acids is 1. The average molecular weight is 521 g/mol. The topological polar surface area (TPSA) is 79.9 Å². The van der Waals surface area contributed by atoms with Crippen LogP contribution in [0.15, 0.2) is 76.9 Å². The normalized spacial score (nSPS) is 26.2. The molecule has 3 N–H and O–H groups in total. The third kappa shape index (κ3) is 5.50. The lowest BCUT2D eigenvalue weighted by Gasteiger charge is -2.39. The molecule has 2 amide bonds. The van der Waals surface area contributed by atoms with E-state index in [4.69, 9.17) is 15.5 Å². The first-order chi connectivity index (χ1) is 18.4. The second-order valence-corrected chi connectivity index (χ2v) is 10.6. The first kappa shape index (κ1) is 26.1. The van der Waals surface area contributed by atoms with Gasteiger partial charge in [0.15, 0.2) is 0 Å². The predicted octanol–water partition coefficient (Wildman–Crippen LogP) is 5.80. The van der Waals surface area contributed by atoms with Gasteiger partial charge in [0, 0.05) is 13.1 Å². The molecule has 0 radical (unpaired) electrons. The summed E-state index contributed by atoms with van der Waals surface area (Å²) >= 11 is 0. The summed E-state index contributed by atoms with van der Waals surface area (Å²) < 4.78 is 32.5. The molecule has 1 aliphatic heterocycles. The number of nitrogens with two attached hydrogens (primary N) is 1. The standard InChI is InChI=1S/C30H34F2N4O2/c1-30-18-21(19-33)28(34-26-10-8-25(32)9-11-26)17-23(30)5-4-22(30)16-27(20-2-6-24(31)7-3-20)35-29(37)36-12-14-38-15-13-36/h2-3,6-11,17,19,22,27H,4-5,12-16,18,33H2,1H3,(H,35,37)/t22-,27?,30-/m1/s1. The molecule has 1 unspecified atom stereocenters. The van der Waals surface area contributed by atoms with Crippen molar-refractivity contribution in [2.24, 2.45) is 22.1 Å². The summed E-state index contributed by atoms with van der Waals surface area (Å²) in [5, 5.41) is 3.23. The van der Waals surface area contributed by atoms with E-state index in [1.807, 2.05) is 0 Å². The lowest BCUT2D eigenvalue weighted by molar-refractivity contribution is 0.0520. The van der Waals surface area contributed by atoms with E-state index in [2.05, 4.69) is 18.3 Å². The van der Waals surface area contributed by atoms with Crippen molar-refractivity contribution in [3.63, 3.8) is 0 Å². The van der Waals surface area contributed by atoms with Gasteiger partial charge in [0.2, 0.25) is 0 Å². The van der Waals surface area contributed by atoms with Crippen molar-refractivity contribution in [1.29, 1.82) is 0 Å². The minimum Gasteiger partial charge on any atom is -0.404 e. The number of nitrogens with zero attached hydrogens (tertiary/aromatic N) is 2. The fourth-order valence-electron chi connectivity index (χ4n) is 5.98. The van der Waals surface area contributed by atoms with Gasteiger partial charge in [-0.2, -0.15) is 0 Å². The van der Waals surface area contributed by atoms with E-state index < -0.39 is 0 Å². The zero-order valence-corrected chi connectivity index (χ0v) is 21.6. The molecule has 8 heteroatoms. The van der Waals surface area contributed by atoms with Gasteiger partial charge in [-0.3, -0.25) is 0 Å². The molecule has 2 aliphatic carbocycles. The van der Waals surface area contributed by atoms with Crippen LogP contribution in [0.1, 0.15) is 44.2 Å². The smallest absolute Gasteiger partial charge is 0.318 e. The van der Waals surface area contributed by atoms with E-state index >= 15 is 0 Å². The minimum absolute atomic E-state index is 0.124. The Kier molecular flexibility index (Phi) is 7.61. The van der Waals surface area contributed by atoms with Gasteiger partial charge in [-0.15, -0.1) is 0 Å². The number of morpholine rings is 1. The van der Waals surface area contributed by atoms with Crippen molar-refractivity contribution in [3.05, 3.63) is 89.2 Å². The number of carbonyl (C=O) groups is 1. The summed E-state index contributed by atoms with van der Waals surface area (Å²) in [6, 6.07) is 12.1. The number of rotatable bonds is 5. The summed E-state index contributed by atoms with van der Waals surface area (Å²) in [7, 11) is 0. The fraction of sp³-hybridized carbons (Fsp3) is 0.400. The van der Waals surface area contributed by atoms with E-state index in [9.17, 15) is 13.6 Å². The number of halogens is 2. The average Bonchev–Trinajstić information content (AvgIpc) is 3.24. The Morgan fingerprint density at radius 3 is 2.47 bits per heavy atom. The first-order valence-electron chi connectivity index (χ1n) is 13.2. The Bertz CT molecular complexity index is 1250. The zero-order valence-electron chi connectivity index (χ0n) is 21.6. The molecule has 1 heterocycles. The van der Waals surface area contributed by atoms with Crippen molar-refractivity contribution in [2.75, 3.05) is 26.3 Å². The van der Waals surface area contributed by atoms with Gasteiger partial charge in [0.25, 0.3) is 0 Å². The Morgan fingerprint density at radius 2 is 1.82 bits per heavy atom. The molecule has 3 atom stereocenters. The highest BCUT2D eigenvalue weighted by atomic mass is 19.1. The van der Waals surface area contributed by atoms with Gasteiger partial charge in [0.05, 0.1) is 30.7 Å². The van der Waals surface area contributed by atoms with Crippen molar-refractivity contribution >= 4 is 17.4 Å². The number of hydrogen-bond donors (Lipinski definition) is 2. The summed E-state index contributed by atoms with van der Waals surface area (Å²) in [5.41, 5.74) is 10.6. The number of aliphatic imine (C=N–C) groups is 1. The van der Waals surface area contributed by atoms with Crippen LogP contribution in [0.4, 0.5) is 19.3 Å². The van der Waals surface area contributed by atoms with Gasteiger partial charge in [-0.1, -0.05) is 24.6 Å². The number of fused-ring (bicyclic) bond motifs is 1. The number of nitrogens with one attached hydrogen (secondary N) is 1. The van der Waals surface area contributed by atoms with E-state index in [-0.39, 0.29) is 35.0 Å². The van der Waals surface area contributed by atoms with Crippen LogP contribution >= 0.6 is 0 Å². The van der Waals surface area contributed by atoms with Crippen LogP contribution in [-0.4, -0.2) is 42.9 Å². The highest BCUT2D eigenvalue weighted by Gasteiger charge is 2.46. The SMILES string of the molecule is C[C@]12CC(=CN)C(=Nc3ccc(F)cc3)C=C1CC[C@@H]2CC(NC(=O)N1CCOCC1)c1ccc(F)cc1. The molecule has 1 saturated carbocycles. The quantitative estimate of drug-likeness (QED) is 0.523. The minimum atomic E-state index is -0.303. The molecule has 2 aromatic carbocycles. The Balaban J connectivity index is 1.40. The van der Waals surface area contributed by atoms with Crippen molar-refractivity contribution in [1.82, 2.24) is 10.2 Å². The summed E-state index contributed by atoms with van der Waals surface area (Å²) in [6.45, 7) is 4.42. The maximum absolute atomic E-state index is 13.7. The van der Waals surface area contributed by atoms with Crippen LogP contribution in [0, 0.1) is 23.0 Å². The molecule has 0 aromatic heterocycles. The molecule has 38 heavy (non-hydrogen) atoms. The van der Waals surface area contributed by atoms with Crippen LogP contribution in [0.25, 0.3) is 0 Å². The summed E-state index contributed by atoms with van der Waals surface area (Å²) in [5.74, 6) is -0.327. The molecule has 6 nitrogen and oxygen atoms in total. The van der Waals surface area contributed by atoms with Crippen LogP contribution in [-0.2, 0) is 4.74 Å². The van der Waals surface area contributed by atoms with Gasteiger partial charge in [-0.05, 0) is 96.8 Å². The monoisotopic (exact) mass is 520 g/mol. The van der Waals surface area contributed by atoms with Crippen LogP contribution in [0.5, 0.6) is 0 Å². The zero-order chi connectivity index (χ0) is 26.7. The molecule has 2 aromatic rings. The number of amides is 2. The van der Waals surface area contributed by atoms with Crippen LogP contribution in [0.2, 0.25) is 0 Å². The highest BCUT2D eigenvalue weighted by molar-refractivity contribution is 6.11. The second-order valence-electron chi connectivity index (χ2n) is 10.6. The lowest BCUT2D eigenvalue weighted by atomic mass is 9.67. The Hall–Kier alpha value is -3.52. The maximum Gasteiger partial charge on any atom is 0.318 e. The maximum atomic E-state index is 13.7. The second kappa shape index (κ2) is 11.1. The fourth-order valence-corrected chi connectivity index (χ4v) is 5.98. The van der Waals surface area contributed by atoms with Crippen molar-refractivity contribution < 1.29 is 18.3 Å². The Morgan fingerprint density at radius 1 is 1.16 bits per heavy atom. The molecule has 0 spiro atoms. The van der Waals surface area contributed by atoms with E-state index in [1.54, 1.807) is 35.4 Å². The van der Waals surface area contributed by atoms with Gasteiger partial charge in [-0.25, -0.2) is 18.6 Å².